The van der Waals surface area contributed by atoms with Gasteiger partial charge >= 0.3 is 0 Å². The third-order valence-corrected chi connectivity index (χ3v) is 6.09. The SMILES string of the molecule is O=C(Nc1cccc(Br)c1)C1CCN(Cc2nc(-c3ccc(Cl)cc3Cl)no2)CC1. The number of carbonyl (C=O) groups is 1. The number of nitrogens with one attached hydrogen (secondary N) is 1. The number of amides is 1. The lowest BCUT2D eigenvalue weighted by Crippen LogP contribution is -2.37. The predicted octanol–water partition coefficient (Wildman–Crippen LogP) is 5.66. The fourth-order valence-corrected chi connectivity index (χ4v) is 4.35. The van der Waals surface area contributed by atoms with E-state index in [1.165, 1.54) is 0 Å². The normalized spacial score (nSPS) is 15.3. The van der Waals surface area contributed by atoms with Crippen molar-refractivity contribution in [3.8, 4) is 11.4 Å². The fraction of sp³-hybridized carbons (Fsp3) is 0.286. The lowest BCUT2D eigenvalue weighted by molar-refractivity contribution is -0.121. The van der Waals surface area contributed by atoms with Gasteiger partial charge in [-0.05, 0) is 62.3 Å². The van der Waals surface area contributed by atoms with Crippen LogP contribution in [-0.2, 0) is 11.3 Å². The number of aromatic nitrogens is 2. The van der Waals surface area contributed by atoms with Crippen LogP contribution in [-0.4, -0.2) is 34.0 Å². The lowest BCUT2D eigenvalue weighted by Gasteiger charge is -2.30. The third kappa shape index (κ3) is 5.21. The third-order valence-electron chi connectivity index (χ3n) is 5.05. The highest BCUT2D eigenvalue weighted by Crippen LogP contribution is 2.29. The van der Waals surface area contributed by atoms with Crippen LogP contribution in [0.4, 0.5) is 5.69 Å². The van der Waals surface area contributed by atoms with Crippen LogP contribution in [0.15, 0.2) is 51.5 Å². The first-order valence-corrected chi connectivity index (χ1v) is 11.1. The molecule has 0 spiro atoms. The summed E-state index contributed by atoms with van der Waals surface area (Å²) in [7, 11) is 0. The van der Waals surface area contributed by atoms with Crippen molar-refractivity contribution < 1.29 is 9.32 Å². The molecule has 0 saturated carbocycles. The van der Waals surface area contributed by atoms with Crippen LogP contribution in [0.2, 0.25) is 10.0 Å². The maximum absolute atomic E-state index is 12.6. The average molecular weight is 510 g/mol. The fourth-order valence-electron chi connectivity index (χ4n) is 3.45. The minimum absolute atomic E-state index is 0.00801. The number of rotatable bonds is 5. The summed E-state index contributed by atoms with van der Waals surface area (Å²) in [6.07, 6.45) is 1.56. The van der Waals surface area contributed by atoms with Gasteiger partial charge < -0.3 is 9.84 Å². The Hall–Kier alpha value is -1.93. The van der Waals surface area contributed by atoms with E-state index in [0.717, 1.165) is 36.1 Å². The number of nitrogens with zero attached hydrogens (tertiary/aromatic N) is 3. The van der Waals surface area contributed by atoms with E-state index in [1.54, 1.807) is 18.2 Å². The molecule has 9 heteroatoms. The lowest BCUT2D eigenvalue weighted by atomic mass is 9.96. The summed E-state index contributed by atoms with van der Waals surface area (Å²) in [5.74, 6) is 1.01. The maximum atomic E-state index is 12.6. The minimum atomic E-state index is -0.00801. The van der Waals surface area contributed by atoms with Crippen LogP contribution in [0.3, 0.4) is 0 Å². The Morgan fingerprint density at radius 1 is 1.20 bits per heavy atom. The number of benzene rings is 2. The molecule has 1 aliphatic rings. The zero-order chi connectivity index (χ0) is 21.1. The number of anilines is 1. The van der Waals surface area contributed by atoms with Crippen LogP contribution in [0.5, 0.6) is 0 Å². The molecule has 0 aliphatic carbocycles. The zero-order valence-electron chi connectivity index (χ0n) is 15.9. The van der Waals surface area contributed by atoms with Crippen LogP contribution < -0.4 is 5.32 Å². The summed E-state index contributed by atoms with van der Waals surface area (Å²) in [5, 5.41) is 8.06. The topological polar surface area (TPSA) is 71.3 Å². The molecule has 1 fully saturated rings. The molecule has 1 saturated heterocycles. The van der Waals surface area contributed by atoms with Crippen molar-refractivity contribution in [3.63, 3.8) is 0 Å². The van der Waals surface area contributed by atoms with Gasteiger partial charge in [-0.25, -0.2) is 0 Å². The summed E-state index contributed by atoms with van der Waals surface area (Å²) >= 11 is 15.6. The van der Waals surface area contributed by atoms with E-state index in [0.29, 0.717) is 33.9 Å². The highest BCUT2D eigenvalue weighted by molar-refractivity contribution is 9.10. The molecule has 0 bridgehead atoms. The second kappa shape index (κ2) is 9.47. The van der Waals surface area contributed by atoms with Gasteiger partial charge in [-0.3, -0.25) is 9.69 Å². The smallest absolute Gasteiger partial charge is 0.241 e. The van der Waals surface area contributed by atoms with Crippen molar-refractivity contribution in [2.75, 3.05) is 18.4 Å². The largest absolute Gasteiger partial charge is 0.338 e. The van der Waals surface area contributed by atoms with E-state index in [4.69, 9.17) is 27.7 Å². The Bertz CT molecular complexity index is 1050. The molecule has 2 heterocycles. The summed E-state index contributed by atoms with van der Waals surface area (Å²) in [6, 6.07) is 12.8. The van der Waals surface area contributed by atoms with Gasteiger partial charge in [-0.1, -0.05) is 50.4 Å². The number of likely N-dealkylation sites (tertiary alicyclic amines) is 1. The molecule has 0 unspecified atom stereocenters. The first-order valence-electron chi connectivity index (χ1n) is 9.55. The standard InChI is InChI=1S/C21H19BrCl2N4O2/c22-14-2-1-3-16(10-14)25-21(29)13-6-8-28(9-7-13)12-19-26-20(27-30-19)17-5-4-15(23)11-18(17)24/h1-5,10-11,13H,6-9,12H2,(H,25,29). The maximum Gasteiger partial charge on any atom is 0.241 e. The molecule has 156 valence electrons. The van der Waals surface area contributed by atoms with Crippen LogP contribution in [0.25, 0.3) is 11.4 Å². The monoisotopic (exact) mass is 508 g/mol. The van der Waals surface area contributed by atoms with Gasteiger partial charge in [0.25, 0.3) is 0 Å². The Kier molecular flexibility index (Phi) is 6.73. The summed E-state index contributed by atoms with van der Waals surface area (Å²) in [6.45, 7) is 2.12. The molecule has 1 aromatic heterocycles. The summed E-state index contributed by atoms with van der Waals surface area (Å²) in [4.78, 5) is 19.2. The number of hydrogen-bond acceptors (Lipinski definition) is 5. The van der Waals surface area contributed by atoms with E-state index >= 15 is 0 Å². The molecule has 1 N–H and O–H groups in total. The summed E-state index contributed by atoms with van der Waals surface area (Å²) < 4.78 is 6.33. The minimum Gasteiger partial charge on any atom is -0.338 e. The van der Waals surface area contributed by atoms with Crippen LogP contribution >= 0.6 is 39.1 Å². The van der Waals surface area contributed by atoms with Crippen molar-refractivity contribution in [1.29, 1.82) is 0 Å². The number of halogens is 3. The van der Waals surface area contributed by atoms with Crippen molar-refractivity contribution in [2.24, 2.45) is 5.92 Å². The molecular formula is C21H19BrCl2N4O2. The second-order valence-electron chi connectivity index (χ2n) is 7.19. The van der Waals surface area contributed by atoms with Crippen molar-refractivity contribution >= 4 is 50.7 Å². The van der Waals surface area contributed by atoms with Crippen LogP contribution in [0, 0.1) is 5.92 Å². The highest BCUT2D eigenvalue weighted by Gasteiger charge is 2.26. The van der Waals surface area contributed by atoms with Crippen molar-refractivity contribution in [1.82, 2.24) is 15.0 Å². The van der Waals surface area contributed by atoms with E-state index in [1.807, 2.05) is 24.3 Å². The summed E-state index contributed by atoms with van der Waals surface area (Å²) in [5.41, 5.74) is 1.48. The second-order valence-corrected chi connectivity index (χ2v) is 8.95. The molecule has 0 atom stereocenters. The Labute approximate surface area is 192 Å². The first-order chi connectivity index (χ1) is 14.5. The number of hydrogen-bond donors (Lipinski definition) is 1. The van der Waals surface area contributed by atoms with E-state index in [2.05, 4.69) is 36.3 Å². The Morgan fingerprint density at radius 3 is 2.73 bits per heavy atom. The quantitative estimate of drug-likeness (QED) is 0.480. The van der Waals surface area contributed by atoms with Crippen molar-refractivity contribution in [2.45, 2.75) is 19.4 Å². The number of piperidine rings is 1. The molecule has 1 aliphatic heterocycles. The molecule has 0 radical (unpaired) electrons. The first kappa shape index (κ1) is 21.3. The Morgan fingerprint density at radius 2 is 2.00 bits per heavy atom. The molecule has 30 heavy (non-hydrogen) atoms. The Balaban J connectivity index is 1.31. The molecular weight excluding hydrogens is 491 g/mol. The van der Waals surface area contributed by atoms with Gasteiger partial charge in [-0.2, -0.15) is 4.98 Å². The van der Waals surface area contributed by atoms with Gasteiger partial charge in [-0.15, -0.1) is 0 Å². The van der Waals surface area contributed by atoms with Gasteiger partial charge in [0.05, 0.1) is 11.6 Å². The molecule has 4 rings (SSSR count). The van der Waals surface area contributed by atoms with Gasteiger partial charge in [0.2, 0.25) is 17.6 Å². The van der Waals surface area contributed by atoms with Gasteiger partial charge in [0.1, 0.15) is 0 Å². The molecule has 3 aromatic rings. The average Bonchev–Trinajstić information content (AvgIpc) is 3.16. The van der Waals surface area contributed by atoms with E-state index < -0.39 is 0 Å². The van der Waals surface area contributed by atoms with E-state index in [-0.39, 0.29) is 11.8 Å². The van der Waals surface area contributed by atoms with E-state index in [9.17, 15) is 4.79 Å². The van der Waals surface area contributed by atoms with Gasteiger partial charge in [0, 0.05) is 26.7 Å². The molecule has 6 nitrogen and oxygen atoms in total. The van der Waals surface area contributed by atoms with Crippen LogP contribution in [0.1, 0.15) is 18.7 Å². The van der Waals surface area contributed by atoms with Crippen molar-refractivity contribution in [3.05, 3.63) is 62.9 Å². The predicted molar refractivity (Wildman–Crippen MR) is 121 cm³/mol. The molecule has 1 amide bonds. The highest BCUT2D eigenvalue weighted by atomic mass is 79.9. The zero-order valence-corrected chi connectivity index (χ0v) is 19.0. The number of carbonyl (C=O) groups excluding carboxylic acids is 1. The van der Waals surface area contributed by atoms with Gasteiger partial charge in [0.15, 0.2) is 0 Å². The molecule has 2 aromatic carbocycles.